The van der Waals surface area contributed by atoms with E-state index >= 15 is 0 Å². The fourth-order valence-electron chi connectivity index (χ4n) is 1.76. The Morgan fingerprint density at radius 1 is 1.48 bits per heavy atom. The smallest absolute Gasteiger partial charge is 0.189 e. The summed E-state index contributed by atoms with van der Waals surface area (Å²) in [5.74, 6) is 0.650. The van der Waals surface area contributed by atoms with Gasteiger partial charge in [0.15, 0.2) is 11.4 Å². The molecule has 0 fully saturated rings. The van der Waals surface area contributed by atoms with Crippen molar-refractivity contribution in [2.45, 2.75) is 50.8 Å². The first-order valence-electron chi connectivity index (χ1n) is 7.06. The molecule has 0 aromatic carbocycles. The normalized spacial score (nSPS) is 14.0. The van der Waals surface area contributed by atoms with Crippen molar-refractivity contribution < 1.29 is 14.6 Å². The van der Waals surface area contributed by atoms with Gasteiger partial charge in [-0.25, -0.2) is 9.97 Å². The minimum absolute atomic E-state index is 0.0504. The van der Waals surface area contributed by atoms with Crippen LogP contribution in [0.25, 0.3) is 0 Å². The van der Waals surface area contributed by atoms with E-state index in [4.69, 9.17) is 9.47 Å². The molecule has 0 radical (unpaired) electrons. The Morgan fingerprint density at radius 3 is 2.81 bits per heavy atom. The van der Waals surface area contributed by atoms with E-state index in [9.17, 15) is 5.11 Å². The number of aliphatic hydroxyl groups excluding tert-OH is 1. The summed E-state index contributed by atoms with van der Waals surface area (Å²) in [6, 6.07) is 0.0504. The molecule has 21 heavy (non-hydrogen) atoms. The van der Waals surface area contributed by atoms with Gasteiger partial charge in [0.2, 0.25) is 0 Å². The Bertz CT molecular complexity index is 420. The molecular formula is C14H25N3O3S. The lowest BCUT2D eigenvalue weighted by Gasteiger charge is -2.20. The van der Waals surface area contributed by atoms with Crippen LogP contribution in [0.4, 0.5) is 5.82 Å². The molecule has 0 aliphatic carbocycles. The van der Waals surface area contributed by atoms with Crippen LogP contribution >= 0.6 is 11.8 Å². The van der Waals surface area contributed by atoms with Gasteiger partial charge in [0.05, 0.1) is 13.2 Å². The number of aromatic nitrogens is 2. The molecule has 7 heteroatoms. The number of anilines is 1. The maximum Gasteiger partial charge on any atom is 0.189 e. The highest BCUT2D eigenvalue weighted by atomic mass is 32.2. The molecule has 6 nitrogen and oxygen atoms in total. The monoisotopic (exact) mass is 315 g/mol. The molecule has 2 unspecified atom stereocenters. The van der Waals surface area contributed by atoms with Gasteiger partial charge in [-0.15, -0.1) is 0 Å². The molecule has 0 bridgehead atoms. The van der Waals surface area contributed by atoms with E-state index < -0.39 is 0 Å². The van der Waals surface area contributed by atoms with Gasteiger partial charge in [-0.1, -0.05) is 25.1 Å². The van der Waals surface area contributed by atoms with Crippen molar-refractivity contribution in [1.82, 2.24) is 9.97 Å². The van der Waals surface area contributed by atoms with Gasteiger partial charge in [0, 0.05) is 24.9 Å². The molecule has 1 rings (SSSR count). The third kappa shape index (κ3) is 6.17. The largest absolute Gasteiger partial charge is 0.391 e. The summed E-state index contributed by atoms with van der Waals surface area (Å²) in [6.07, 6.45) is 5.26. The highest BCUT2D eigenvalue weighted by Crippen LogP contribution is 2.17. The van der Waals surface area contributed by atoms with E-state index in [0.717, 1.165) is 12.8 Å². The van der Waals surface area contributed by atoms with Crippen LogP contribution in [0, 0.1) is 0 Å². The van der Waals surface area contributed by atoms with Gasteiger partial charge >= 0.3 is 0 Å². The fourth-order valence-corrected chi connectivity index (χ4v) is 2.10. The molecular weight excluding hydrogens is 290 g/mol. The highest BCUT2D eigenvalue weighted by molar-refractivity contribution is 7.98. The van der Waals surface area contributed by atoms with Crippen LogP contribution in [0.3, 0.4) is 0 Å². The Balaban J connectivity index is 2.59. The Kier molecular flexibility index (Phi) is 8.60. The molecule has 2 N–H and O–H groups in total. The third-order valence-electron chi connectivity index (χ3n) is 2.90. The molecule has 0 aliphatic heterocycles. The van der Waals surface area contributed by atoms with Gasteiger partial charge in [-0.05, 0) is 19.6 Å². The fraction of sp³-hybridized carbons (Fsp3) is 0.714. The number of hydrogen-bond acceptors (Lipinski definition) is 7. The Morgan fingerprint density at radius 2 is 2.24 bits per heavy atom. The topological polar surface area (TPSA) is 76.5 Å². The lowest BCUT2D eigenvalue weighted by atomic mass is 10.3. The summed E-state index contributed by atoms with van der Waals surface area (Å²) in [5.41, 5.74) is 0.677. The van der Waals surface area contributed by atoms with E-state index in [1.165, 1.54) is 11.8 Å². The van der Waals surface area contributed by atoms with Crippen molar-refractivity contribution in [1.29, 1.82) is 0 Å². The Labute approximate surface area is 130 Å². The maximum atomic E-state index is 9.34. The van der Waals surface area contributed by atoms with Crippen LogP contribution in [0.2, 0.25) is 0 Å². The lowest BCUT2D eigenvalue weighted by molar-refractivity contribution is -0.128. The minimum Gasteiger partial charge on any atom is -0.391 e. The van der Waals surface area contributed by atoms with Crippen LogP contribution in [-0.4, -0.2) is 47.4 Å². The summed E-state index contributed by atoms with van der Waals surface area (Å²) in [7, 11) is 1.65. The molecule has 1 heterocycles. The van der Waals surface area contributed by atoms with Crippen molar-refractivity contribution in [3.8, 4) is 0 Å². The van der Waals surface area contributed by atoms with E-state index in [1.54, 1.807) is 13.3 Å². The van der Waals surface area contributed by atoms with Crippen LogP contribution in [0.15, 0.2) is 11.4 Å². The highest BCUT2D eigenvalue weighted by Gasteiger charge is 2.12. The Hall–Kier alpha value is -0.890. The average molecular weight is 315 g/mol. The first-order valence-corrected chi connectivity index (χ1v) is 8.28. The molecule has 0 amide bonds. The third-order valence-corrected chi connectivity index (χ3v) is 3.46. The molecule has 0 saturated carbocycles. The minimum atomic E-state index is -0.177. The van der Waals surface area contributed by atoms with Crippen LogP contribution < -0.4 is 5.32 Å². The first-order chi connectivity index (χ1) is 10.1. The summed E-state index contributed by atoms with van der Waals surface area (Å²) in [4.78, 5) is 8.53. The summed E-state index contributed by atoms with van der Waals surface area (Å²) < 4.78 is 11.0. The molecule has 1 aromatic heterocycles. The van der Waals surface area contributed by atoms with Gasteiger partial charge in [0.25, 0.3) is 0 Å². The SMILES string of the molecule is CCCC(OC)OCC(C)Nc1nc(SC)ncc1CO. The summed E-state index contributed by atoms with van der Waals surface area (Å²) in [5, 5.41) is 13.3. The number of ether oxygens (including phenoxy) is 2. The summed E-state index contributed by atoms with van der Waals surface area (Å²) >= 11 is 1.46. The zero-order chi connectivity index (χ0) is 15.7. The molecule has 0 saturated heterocycles. The molecule has 120 valence electrons. The number of hydrogen-bond donors (Lipinski definition) is 2. The zero-order valence-corrected chi connectivity index (χ0v) is 13.9. The van der Waals surface area contributed by atoms with Crippen molar-refractivity contribution >= 4 is 17.6 Å². The quantitative estimate of drug-likeness (QED) is 0.390. The van der Waals surface area contributed by atoms with E-state index in [-0.39, 0.29) is 18.9 Å². The van der Waals surface area contributed by atoms with E-state index in [1.807, 2.05) is 13.2 Å². The van der Waals surface area contributed by atoms with Crippen LogP contribution in [-0.2, 0) is 16.1 Å². The van der Waals surface area contributed by atoms with Crippen LogP contribution in [0.5, 0.6) is 0 Å². The maximum absolute atomic E-state index is 9.34. The molecule has 1 aromatic rings. The number of rotatable bonds is 10. The predicted molar refractivity (Wildman–Crippen MR) is 84.5 cm³/mol. The van der Waals surface area contributed by atoms with Gasteiger partial charge in [0.1, 0.15) is 5.82 Å². The van der Waals surface area contributed by atoms with Crippen molar-refractivity contribution in [3.05, 3.63) is 11.8 Å². The van der Waals surface area contributed by atoms with Crippen molar-refractivity contribution in [3.63, 3.8) is 0 Å². The molecule has 0 aliphatic rings. The zero-order valence-electron chi connectivity index (χ0n) is 13.1. The number of nitrogens with zero attached hydrogens (tertiary/aromatic N) is 2. The molecule has 2 atom stereocenters. The second kappa shape index (κ2) is 9.94. The van der Waals surface area contributed by atoms with Crippen LogP contribution in [0.1, 0.15) is 32.3 Å². The predicted octanol–water partition coefficient (Wildman–Crippen LogP) is 2.28. The number of methoxy groups -OCH3 is 1. The van der Waals surface area contributed by atoms with Crippen molar-refractivity contribution in [2.24, 2.45) is 0 Å². The van der Waals surface area contributed by atoms with Gasteiger partial charge < -0.3 is 19.9 Å². The molecule has 0 spiro atoms. The number of thioether (sulfide) groups is 1. The van der Waals surface area contributed by atoms with Gasteiger partial charge in [-0.3, -0.25) is 0 Å². The average Bonchev–Trinajstić information content (AvgIpc) is 2.51. The van der Waals surface area contributed by atoms with E-state index in [0.29, 0.717) is 23.1 Å². The summed E-state index contributed by atoms with van der Waals surface area (Å²) in [6.45, 7) is 4.50. The number of aliphatic hydroxyl groups is 1. The number of nitrogens with one attached hydrogen (secondary N) is 1. The second-order valence-corrected chi connectivity index (χ2v) is 5.49. The van der Waals surface area contributed by atoms with Gasteiger partial charge in [-0.2, -0.15) is 0 Å². The van der Waals surface area contributed by atoms with E-state index in [2.05, 4.69) is 22.2 Å². The van der Waals surface area contributed by atoms with Crippen molar-refractivity contribution in [2.75, 3.05) is 25.3 Å². The standard InChI is InChI=1S/C14H25N3O3S/c1-5-6-12(19-3)20-9-10(2)16-13-11(8-18)7-15-14(17-13)21-4/h7,10,12,18H,5-6,8-9H2,1-4H3,(H,15,16,17). The second-order valence-electron chi connectivity index (χ2n) is 4.72. The first kappa shape index (κ1) is 18.2. The lowest BCUT2D eigenvalue weighted by Crippen LogP contribution is -2.27.